The minimum absolute atomic E-state index is 0.00535. The molecule has 0 saturated carbocycles. The number of ketones is 1. The van der Waals surface area contributed by atoms with Gasteiger partial charge in [0.2, 0.25) is 5.75 Å². The average Bonchev–Trinajstić information content (AvgIpc) is 3.32. The maximum absolute atomic E-state index is 13.6. The van der Waals surface area contributed by atoms with E-state index >= 15 is 0 Å². The number of nitrogens with zero attached hydrogens (tertiary/aromatic N) is 2. The summed E-state index contributed by atoms with van der Waals surface area (Å²) in [6.45, 7) is 6.47. The number of morpholine rings is 1. The second-order valence-electron chi connectivity index (χ2n) is 11.0. The van der Waals surface area contributed by atoms with Crippen LogP contribution in [0.1, 0.15) is 34.7 Å². The van der Waals surface area contributed by atoms with Gasteiger partial charge in [-0.15, -0.1) is 0 Å². The van der Waals surface area contributed by atoms with Crippen molar-refractivity contribution in [1.82, 2.24) is 9.80 Å². The zero-order chi connectivity index (χ0) is 31.9. The number of hydrogen-bond acceptors (Lipinski definition) is 9. The van der Waals surface area contributed by atoms with Gasteiger partial charge in [-0.3, -0.25) is 14.5 Å². The van der Waals surface area contributed by atoms with Gasteiger partial charge in [-0.1, -0.05) is 24.3 Å². The van der Waals surface area contributed by atoms with Crippen molar-refractivity contribution in [2.75, 3.05) is 60.7 Å². The molecule has 1 atom stereocenters. The Labute approximate surface area is 263 Å². The molecule has 2 fully saturated rings. The van der Waals surface area contributed by atoms with E-state index in [1.807, 2.05) is 31.2 Å². The Morgan fingerprint density at radius 2 is 1.58 bits per heavy atom. The molecule has 3 aromatic carbocycles. The summed E-state index contributed by atoms with van der Waals surface area (Å²) in [5.41, 5.74) is 3.14. The number of aliphatic hydroxyl groups is 1. The molecule has 10 nitrogen and oxygen atoms in total. The molecule has 2 saturated heterocycles. The van der Waals surface area contributed by atoms with E-state index in [0.29, 0.717) is 66.9 Å². The molecule has 3 aromatic rings. The van der Waals surface area contributed by atoms with Gasteiger partial charge >= 0.3 is 0 Å². The molecule has 0 bridgehead atoms. The van der Waals surface area contributed by atoms with E-state index in [2.05, 4.69) is 4.90 Å². The van der Waals surface area contributed by atoms with Crippen molar-refractivity contribution in [3.8, 4) is 23.0 Å². The van der Waals surface area contributed by atoms with Crippen LogP contribution in [0.25, 0.3) is 5.76 Å². The topological polar surface area (TPSA) is 107 Å². The lowest BCUT2D eigenvalue weighted by Gasteiger charge is -2.29. The first kappa shape index (κ1) is 31.9. The highest BCUT2D eigenvalue weighted by Crippen LogP contribution is 2.45. The van der Waals surface area contributed by atoms with E-state index in [9.17, 15) is 14.7 Å². The molecule has 1 N–H and O–H groups in total. The maximum Gasteiger partial charge on any atom is 0.295 e. The zero-order valence-electron chi connectivity index (χ0n) is 26.2. The normalized spacial score (nSPS) is 18.2. The summed E-state index contributed by atoms with van der Waals surface area (Å²) >= 11 is 0. The number of aliphatic hydroxyl groups excluding tert-OH is 1. The van der Waals surface area contributed by atoms with Crippen LogP contribution >= 0.6 is 0 Å². The monoisotopic (exact) mass is 616 g/mol. The van der Waals surface area contributed by atoms with Crippen LogP contribution in [-0.4, -0.2) is 87.3 Å². The van der Waals surface area contributed by atoms with Gasteiger partial charge in [0.15, 0.2) is 11.5 Å². The Bertz CT molecular complexity index is 1520. The van der Waals surface area contributed by atoms with E-state index in [-0.39, 0.29) is 11.3 Å². The molecule has 0 aliphatic carbocycles. The van der Waals surface area contributed by atoms with E-state index < -0.39 is 17.7 Å². The van der Waals surface area contributed by atoms with Crippen molar-refractivity contribution < 1.29 is 38.4 Å². The first-order chi connectivity index (χ1) is 21.9. The minimum Gasteiger partial charge on any atom is -0.507 e. The highest BCUT2D eigenvalue weighted by atomic mass is 16.5. The van der Waals surface area contributed by atoms with Gasteiger partial charge in [0.05, 0.1) is 46.2 Å². The Kier molecular flexibility index (Phi) is 10.3. The smallest absolute Gasteiger partial charge is 0.295 e. The molecule has 2 heterocycles. The van der Waals surface area contributed by atoms with E-state index in [0.717, 1.165) is 30.8 Å². The van der Waals surface area contributed by atoms with Crippen molar-refractivity contribution in [2.45, 2.75) is 26.0 Å². The number of carbonyl (C=O) groups is 2. The van der Waals surface area contributed by atoms with Gasteiger partial charge in [-0.25, -0.2) is 0 Å². The molecule has 1 amide bonds. The van der Waals surface area contributed by atoms with Crippen molar-refractivity contribution in [3.05, 3.63) is 88.5 Å². The fourth-order valence-electron chi connectivity index (χ4n) is 5.80. The first-order valence-electron chi connectivity index (χ1n) is 15.0. The van der Waals surface area contributed by atoms with Gasteiger partial charge in [0.1, 0.15) is 18.1 Å². The van der Waals surface area contributed by atoms with Gasteiger partial charge in [-0.05, 0) is 66.4 Å². The standard InChI is InChI=1S/C35H40N2O8/c1-23-8-5-6-9-25(23)22-45-27-12-10-24(11-13-27)32(38)30-31(26-20-28(41-2)34(43-4)29(21-26)42-3)37(35(40)33(30)39)15-7-14-36-16-18-44-19-17-36/h5-6,8-13,20-21,31,38H,7,14-19,22H2,1-4H3. The molecule has 0 aromatic heterocycles. The highest BCUT2D eigenvalue weighted by Gasteiger charge is 2.46. The number of rotatable bonds is 12. The molecule has 45 heavy (non-hydrogen) atoms. The number of likely N-dealkylation sites (tertiary alicyclic amines) is 1. The molecule has 5 rings (SSSR count). The fourth-order valence-corrected chi connectivity index (χ4v) is 5.80. The third-order valence-corrected chi connectivity index (χ3v) is 8.30. The number of carbonyl (C=O) groups excluding carboxylic acids is 2. The van der Waals surface area contributed by atoms with Crippen molar-refractivity contribution in [2.24, 2.45) is 0 Å². The quantitative estimate of drug-likeness (QED) is 0.175. The van der Waals surface area contributed by atoms with Crippen LogP contribution in [0.2, 0.25) is 0 Å². The van der Waals surface area contributed by atoms with Crippen LogP contribution in [0.4, 0.5) is 0 Å². The van der Waals surface area contributed by atoms with Crippen LogP contribution in [0, 0.1) is 6.92 Å². The lowest BCUT2D eigenvalue weighted by Crippen LogP contribution is -2.39. The van der Waals surface area contributed by atoms with Gasteiger partial charge in [0.25, 0.3) is 11.7 Å². The summed E-state index contributed by atoms with van der Waals surface area (Å²) in [6, 6.07) is 17.4. The predicted molar refractivity (Wildman–Crippen MR) is 169 cm³/mol. The van der Waals surface area contributed by atoms with Gasteiger partial charge < -0.3 is 33.7 Å². The number of amides is 1. The number of ether oxygens (including phenoxy) is 5. The number of hydrogen-bond donors (Lipinski definition) is 1. The largest absolute Gasteiger partial charge is 0.507 e. The molecular formula is C35H40N2O8. The van der Waals surface area contributed by atoms with Crippen LogP contribution in [0.5, 0.6) is 23.0 Å². The Morgan fingerprint density at radius 1 is 0.911 bits per heavy atom. The van der Waals surface area contributed by atoms with E-state index in [1.54, 1.807) is 36.4 Å². The van der Waals surface area contributed by atoms with Crippen molar-refractivity contribution in [1.29, 1.82) is 0 Å². The number of benzene rings is 3. The molecule has 238 valence electrons. The number of aryl methyl sites for hydroxylation is 1. The summed E-state index contributed by atoms with van der Waals surface area (Å²) in [5.74, 6) is 0.0527. The van der Waals surface area contributed by atoms with Gasteiger partial charge in [-0.2, -0.15) is 0 Å². The third kappa shape index (κ3) is 6.92. The third-order valence-electron chi connectivity index (χ3n) is 8.30. The molecule has 1 unspecified atom stereocenters. The zero-order valence-corrected chi connectivity index (χ0v) is 26.2. The van der Waals surface area contributed by atoms with E-state index in [1.165, 1.54) is 26.2 Å². The summed E-state index contributed by atoms with van der Waals surface area (Å²) < 4.78 is 28.1. The number of methoxy groups -OCH3 is 3. The summed E-state index contributed by atoms with van der Waals surface area (Å²) in [6.07, 6.45) is 0.640. The first-order valence-corrected chi connectivity index (χ1v) is 15.0. The van der Waals surface area contributed by atoms with Gasteiger partial charge in [0, 0.05) is 31.7 Å². The van der Waals surface area contributed by atoms with Crippen molar-refractivity contribution in [3.63, 3.8) is 0 Å². The fraction of sp³-hybridized carbons (Fsp3) is 0.371. The van der Waals surface area contributed by atoms with Crippen LogP contribution in [0.3, 0.4) is 0 Å². The van der Waals surface area contributed by atoms with E-state index in [4.69, 9.17) is 23.7 Å². The maximum atomic E-state index is 13.6. The summed E-state index contributed by atoms with van der Waals surface area (Å²) in [5, 5.41) is 11.6. The molecule has 2 aliphatic heterocycles. The van der Waals surface area contributed by atoms with Crippen LogP contribution < -0.4 is 18.9 Å². The second kappa shape index (κ2) is 14.5. The highest BCUT2D eigenvalue weighted by molar-refractivity contribution is 6.46. The molecule has 0 spiro atoms. The SMILES string of the molecule is COc1cc(C2C(=C(O)c3ccc(OCc4ccccc4C)cc3)C(=O)C(=O)N2CCCN2CCOCC2)cc(OC)c1OC. The Hall–Kier alpha value is -4.54. The predicted octanol–water partition coefficient (Wildman–Crippen LogP) is 4.74. The molecule has 10 heteroatoms. The average molecular weight is 617 g/mol. The lowest BCUT2D eigenvalue weighted by molar-refractivity contribution is -0.140. The summed E-state index contributed by atoms with van der Waals surface area (Å²) in [7, 11) is 4.51. The minimum atomic E-state index is -0.875. The molecular weight excluding hydrogens is 576 g/mol. The number of Topliss-reactive ketones (excluding diaryl/α,β-unsaturated/α-hetero) is 1. The second-order valence-corrected chi connectivity index (χ2v) is 11.0. The van der Waals surface area contributed by atoms with Crippen LogP contribution in [-0.2, 0) is 20.9 Å². The molecule has 0 radical (unpaired) electrons. The van der Waals surface area contributed by atoms with Crippen molar-refractivity contribution >= 4 is 17.4 Å². The van der Waals surface area contributed by atoms with Crippen LogP contribution in [0.15, 0.2) is 66.2 Å². The Morgan fingerprint density at radius 3 is 2.20 bits per heavy atom. The lowest BCUT2D eigenvalue weighted by atomic mass is 9.94. The molecule has 2 aliphatic rings. The Balaban J connectivity index is 1.48. The summed E-state index contributed by atoms with van der Waals surface area (Å²) in [4.78, 5) is 31.0.